The Morgan fingerprint density at radius 1 is 1.24 bits per heavy atom. The Morgan fingerprint density at radius 2 is 1.90 bits per heavy atom. The monoisotopic (exact) mass is 312 g/mol. The quantitative estimate of drug-likeness (QED) is 0.925. The van der Waals surface area contributed by atoms with Gasteiger partial charge in [0.05, 0.1) is 11.7 Å². The van der Waals surface area contributed by atoms with E-state index >= 15 is 0 Å². The van der Waals surface area contributed by atoms with Crippen LogP contribution in [0.25, 0.3) is 0 Å². The number of aromatic nitrogens is 1. The second-order valence-corrected chi connectivity index (χ2v) is 6.60. The lowest BCUT2D eigenvalue weighted by Crippen LogP contribution is -2.16. The summed E-state index contributed by atoms with van der Waals surface area (Å²) in [6.07, 6.45) is 0. The maximum absolute atomic E-state index is 12.5. The SMILES string of the molecule is CC(C)(C)c1csc(C(N)c2ccccc2OC(F)F)n1. The van der Waals surface area contributed by atoms with Crippen molar-refractivity contribution in [2.24, 2.45) is 5.73 Å². The van der Waals surface area contributed by atoms with Crippen molar-refractivity contribution in [1.82, 2.24) is 4.98 Å². The van der Waals surface area contributed by atoms with Crippen molar-refractivity contribution in [2.75, 3.05) is 0 Å². The summed E-state index contributed by atoms with van der Waals surface area (Å²) >= 11 is 1.43. The Morgan fingerprint density at radius 3 is 2.48 bits per heavy atom. The van der Waals surface area contributed by atoms with E-state index in [1.165, 1.54) is 17.4 Å². The van der Waals surface area contributed by atoms with E-state index in [1.807, 2.05) is 5.38 Å². The van der Waals surface area contributed by atoms with E-state index in [1.54, 1.807) is 18.2 Å². The number of ether oxygens (including phenoxy) is 1. The van der Waals surface area contributed by atoms with E-state index < -0.39 is 12.7 Å². The fraction of sp³-hybridized carbons (Fsp3) is 0.400. The van der Waals surface area contributed by atoms with Crippen LogP contribution >= 0.6 is 11.3 Å². The second-order valence-electron chi connectivity index (χ2n) is 5.71. The number of halogens is 2. The first kappa shape index (κ1) is 15.9. The number of hydrogen-bond donors (Lipinski definition) is 1. The summed E-state index contributed by atoms with van der Waals surface area (Å²) < 4.78 is 29.4. The Labute approximate surface area is 126 Å². The van der Waals surface area contributed by atoms with Crippen LogP contribution in [0.3, 0.4) is 0 Å². The summed E-state index contributed by atoms with van der Waals surface area (Å²) in [5.74, 6) is 0.0903. The molecule has 1 unspecified atom stereocenters. The molecular formula is C15H18F2N2OS. The van der Waals surface area contributed by atoms with Crippen molar-refractivity contribution in [2.45, 2.75) is 38.8 Å². The molecule has 3 nitrogen and oxygen atoms in total. The Bertz CT molecular complexity index is 608. The number of nitrogens with two attached hydrogens (primary N) is 1. The van der Waals surface area contributed by atoms with Gasteiger partial charge in [-0.15, -0.1) is 11.3 Å². The number of nitrogens with zero attached hydrogens (tertiary/aromatic N) is 1. The largest absolute Gasteiger partial charge is 0.434 e. The molecule has 0 aliphatic heterocycles. The molecule has 0 fully saturated rings. The number of alkyl halides is 2. The molecule has 0 spiro atoms. The van der Waals surface area contributed by atoms with Gasteiger partial charge < -0.3 is 10.5 Å². The van der Waals surface area contributed by atoms with E-state index in [0.717, 1.165) is 5.69 Å². The first-order chi connectivity index (χ1) is 9.79. The molecule has 0 amide bonds. The van der Waals surface area contributed by atoms with Gasteiger partial charge in [0, 0.05) is 16.4 Å². The van der Waals surface area contributed by atoms with Gasteiger partial charge in [-0.2, -0.15) is 8.78 Å². The van der Waals surface area contributed by atoms with E-state index in [9.17, 15) is 8.78 Å². The first-order valence-corrected chi connectivity index (χ1v) is 7.42. The number of para-hydroxylation sites is 1. The first-order valence-electron chi connectivity index (χ1n) is 6.54. The van der Waals surface area contributed by atoms with Crippen LogP contribution in [0, 0.1) is 0 Å². The van der Waals surface area contributed by atoms with Crippen LogP contribution in [0.5, 0.6) is 5.75 Å². The molecule has 1 atom stereocenters. The van der Waals surface area contributed by atoms with Crippen LogP contribution < -0.4 is 10.5 Å². The third-order valence-corrected chi connectivity index (χ3v) is 3.95. The van der Waals surface area contributed by atoms with Gasteiger partial charge in [0.25, 0.3) is 0 Å². The van der Waals surface area contributed by atoms with Crippen LogP contribution in [0.15, 0.2) is 29.6 Å². The van der Waals surface area contributed by atoms with Gasteiger partial charge in [0.15, 0.2) is 0 Å². The summed E-state index contributed by atoms with van der Waals surface area (Å²) in [7, 11) is 0. The van der Waals surface area contributed by atoms with Crippen LogP contribution in [0.4, 0.5) is 8.78 Å². The predicted molar refractivity (Wildman–Crippen MR) is 79.9 cm³/mol. The van der Waals surface area contributed by atoms with Crippen molar-refractivity contribution in [3.05, 3.63) is 45.9 Å². The van der Waals surface area contributed by atoms with Crippen LogP contribution in [0.2, 0.25) is 0 Å². The minimum absolute atomic E-state index is 0.0759. The zero-order valence-electron chi connectivity index (χ0n) is 12.1. The zero-order valence-corrected chi connectivity index (χ0v) is 13.0. The van der Waals surface area contributed by atoms with Gasteiger partial charge in [-0.05, 0) is 6.07 Å². The van der Waals surface area contributed by atoms with E-state index in [4.69, 9.17) is 5.73 Å². The topological polar surface area (TPSA) is 48.1 Å². The molecule has 114 valence electrons. The highest BCUT2D eigenvalue weighted by Gasteiger charge is 2.22. The number of thiazole rings is 1. The maximum Gasteiger partial charge on any atom is 0.387 e. The van der Waals surface area contributed by atoms with Crippen LogP contribution in [0.1, 0.15) is 43.1 Å². The summed E-state index contributed by atoms with van der Waals surface area (Å²) in [5, 5.41) is 2.64. The number of rotatable bonds is 4. The molecule has 2 aromatic rings. The highest BCUT2D eigenvalue weighted by Crippen LogP contribution is 2.33. The highest BCUT2D eigenvalue weighted by atomic mass is 32.1. The fourth-order valence-corrected chi connectivity index (χ4v) is 2.91. The Kier molecular flexibility index (Phi) is 4.58. The minimum atomic E-state index is -2.88. The Balaban J connectivity index is 2.32. The molecule has 6 heteroatoms. The van der Waals surface area contributed by atoms with Crippen molar-refractivity contribution in [3.8, 4) is 5.75 Å². The second kappa shape index (κ2) is 6.07. The molecule has 0 saturated heterocycles. The molecule has 0 saturated carbocycles. The van der Waals surface area contributed by atoms with Gasteiger partial charge >= 0.3 is 6.61 Å². The molecule has 2 N–H and O–H groups in total. The average Bonchev–Trinajstić information content (AvgIpc) is 2.87. The maximum atomic E-state index is 12.5. The van der Waals surface area contributed by atoms with Crippen molar-refractivity contribution < 1.29 is 13.5 Å². The van der Waals surface area contributed by atoms with Crippen molar-refractivity contribution in [3.63, 3.8) is 0 Å². The Hall–Kier alpha value is -1.53. The standard InChI is InChI=1S/C15H18F2N2OS/c1-15(2,3)11-8-21-13(19-11)12(18)9-6-4-5-7-10(9)20-14(16)17/h4-8,12,14H,18H2,1-3H3. The van der Waals surface area contributed by atoms with Crippen molar-refractivity contribution in [1.29, 1.82) is 0 Å². The zero-order chi connectivity index (χ0) is 15.6. The van der Waals surface area contributed by atoms with E-state index in [2.05, 4.69) is 30.5 Å². The lowest BCUT2D eigenvalue weighted by Gasteiger charge is -2.16. The molecule has 1 aromatic carbocycles. The minimum Gasteiger partial charge on any atom is -0.434 e. The van der Waals surface area contributed by atoms with Crippen LogP contribution in [-0.2, 0) is 5.41 Å². The third-order valence-electron chi connectivity index (χ3n) is 3.03. The molecule has 1 aromatic heterocycles. The fourth-order valence-electron chi connectivity index (χ4n) is 1.85. The van der Waals surface area contributed by atoms with Gasteiger partial charge in [-0.25, -0.2) is 4.98 Å². The highest BCUT2D eigenvalue weighted by molar-refractivity contribution is 7.09. The van der Waals surface area contributed by atoms with Gasteiger partial charge in [0.2, 0.25) is 0 Å². The van der Waals surface area contributed by atoms with Gasteiger partial charge in [-0.1, -0.05) is 39.0 Å². The lowest BCUT2D eigenvalue weighted by molar-refractivity contribution is -0.0505. The molecule has 0 bridgehead atoms. The lowest BCUT2D eigenvalue weighted by atomic mass is 9.93. The summed E-state index contributed by atoms with van der Waals surface area (Å²) in [6, 6.07) is 5.96. The molecule has 21 heavy (non-hydrogen) atoms. The third kappa shape index (κ3) is 3.77. The normalized spacial score (nSPS) is 13.5. The van der Waals surface area contributed by atoms with E-state index in [0.29, 0.717) is 10.6 Å². The average molecular weight is 312 g/mol. The smallest absolute Gasteiger partial charge is 0.387 e. The molecule has 0 aliphatic carbocycles. The van der Waals surface area contributed by atoms with E-state index in [-0.39, 0.29) is 11.2 Å². The molecule has 1 heterocycles. The molecular weight excluding hydrogens is 294 g/mol. The van der Waals surface area contributed by atoms with Gasteiger partial charge in [-0.3, -0.25) is 0 Å². The summed E-state index contributed by atoms with van der Waals surface area (Å²) in [5.41, 5.74) is 7.54. The van der Waals surface area contributed by atoms with Crippen LogP contribution in [-0.4, -0.2) is 11.6 Å². The van der Waals surface area contributed by atoms with Crippen molar-refractivity contribution >= 4 is 11.3 Å². The van der Waals surface area contributed by atoms with Gasteiger partial charge in [0.1, 0.15) is 10.8 Å². The summed E-state index contributed by atoms with van der Waals surface area (Å²) in [6.45, 7) is 3.31. The summed E-state index contributed by atoms with van der Waals surface area (Å²) in [4.78, 5) is 4.53. The molecule has 2 rings (SSSR count). The number of benzene rings is 1. The predicted octanol–water partition coefficient (Wildman–Crippen LogP) is 4.09. The molecule has 0 radical (unpaired) electrons. The number of hydrogen-bond acceptors (Lipinski definition) is 4. The molecule has 0 aliphatic rings.